The maximum atomic E-state index is 12.2. The van der Waals surface area contributed by atoms with Crippen LogP contribution in [0.4, 0.5) is 0 Å². The van der Waals surface area contributed by atoms with Crippen LogP contribution in [0, 0.1) is 0 Å². The molecule has 0 aliphatic rings. The van der Waals surface area contributed by atoms with Gasteiger partial charge in [0.2, 0.25) is 10.0 Å². The standard InChI is InChI=1S/C11H13N5O2S2/c12-11(19)10-9(2-1-3-14-10)20(17,18)15-5-7-16-6-4-13-8-16/h1-4,6,8,15H,5,7H2,(H2,12,19). The van der Waals surface area contributed by atoms with E-state index in [9.17, 15) is 8.42 Å². The third kappa shape index (κ3) is 3.38. The van der Waals surface area contributed by atoms with E-state index in [4.69, 9.17) is 18.0 Å². The molecule has 7 nitrogen and oxygen atoms in total. The Morgan fingerprint density at radius 3 is 2.90 bits per heavy atom. The Bertz CT molecular complexity index is 697. The number of aromatic nitrogens is 3. The summed E-state index contributed by atoms with van der Waals surface area (Å²) in [6, 6.07) is 2.94. The number of nitrogens with two attached hydrogens (primary N) is 1. The molecule has 0 unspecified atom stereocenters. The summed E-state index contributed by atoms with van der Waals surface area (Å²) in [5, 5.41) is 0. The first-order valence-electron chi connectivity index (χ1n) is 5.71. The van der Waals surface area contributed by atoms with Gasteiger partial charge in [-0.3, -0.25) is 4.98 Å². The molecule has 20 heavy (non-hydrogen) atoms. The topological polar surface area (TPSA) is 103 Å². The fourth-order valence-electron chi connectivity index (χ4n) is 1.60. The number of sulfonamides is 1. The summed E-state index contributed by atoms with van der Waals surface area (Å²) < 4.78 is 28.6. The van der Waals surface area contributed by atoms with Crippen molar-refractivity contribution in [2.75, 3.05) is 6.54 Å². The van der Waals surface area contributed by atoms with Gasteiger partial charge in [-0.15, -0.1) is 0 Å². The predicted molar refractivity (Wildman–Crippen MR) is 77.5 cm³/mol. The van der Waals surface area contributed by atoms with Gasteiger partial charge in [0, 0.05) is 31.7 Å². The second kappa shape index (κ2) is 6.07. The summed E-state index contributed by atoms with van der Waals surface area (Å²) in [6.07, 6.45) is 6.43. The summed E-state index contributed by atoms with van der Waals surface area (Å²) in [5.74, 6) is 0. The zero-order chi connectivity index (χ0) is 14.6. The third-order valence-electron chi connectivity index (χ3n) is 2.51. The molecule has 0 aromatic carbocycles. The van der Waals surface area contributed by atoms with Gasteiger partial charge in [0.15, 0.2) is 0 Å². The lowest BCUT2D eigenvalue weighted by Gasteiger charge is -2.10. The molecule has 0 radical (unpaired) electrons. The summed E-state index contributed by atoms with van der Waals surface area (Å²) in [5.41, 5.74) is 5.58. The fourth-order valence-corrected chi connectivity index (χ4v) is 3.02. The van der Waals surface area contributed by atoms with E-state index in [0.717, 1.165) is 0 Å². The monoisotopic (exact) mass is 311 g/mol. The highest BCUT2D eigenvalue weighted by Gasteiger charge is 2.19. The van der Waals surface area contributed by atoms with Crippen molar-refractivity contribution in [3.8, 4) is 0 Å². The molecule has 0 fully saturated rings. The molecule has 2 aromatic rings. The zero-order valence-electron chi connectivity index (χ0n) is 10.4. The number of thiocarbonyl (C=S) groups is 1. The highest BCUT2D eigenvalue weighted by molar-refractivity contribution is 7.89. The molecular formula is C11H13N5O2S2. The Morgan fingerprint density at radius 2 is 2.25 bits per heavy atom. The largest absolute Gasteiger partial charge is 0.388 e. The number of imidazole rings is 1. The van der Waals surface area contributed by atoms with E-state index in [1.807, 2.05) is 0 Å². The number of rotatable bonds is 6. The van der Waals surface area contributed by atoms with Gasteiger partial charge in [-0.2, -0.15) is 0 Å². The first-order valence-corrected chi connectivity index (χ1v) is 7.60. The number of nitrogens with zero attached hydrogens (tertiary/aromatic N) is 3. The van der Waals surface area contributed by atoms with Crippen LogP contribution in [-0.4, -0.2) is 34.5 Å². The molecule has 0 aliphatic carbocycles. The lowest BCUT2D eigenvalue weighted by atomic mass is 10.3. The van der Waals surface area contributed by atoms with Crippen LogP contribution < -0.4 is 10.5 Å². The molecule has 0 bridgehead atoms. The van der Waals surface area contributed by atoms with E-state index in [1.54, 1.807) is 23.3 Å². The first-order chi connectivity index (χ1) is 9.50. The van der Waals surface area contributed by atoms with Gasteiger partial charge in [-0.25, -0.2) is 18.1 Å². The number of hydrogen-bond donors (Lipinski definition) is 2. The molecule has 0 aliphatic heterocycles. The van der Waals surface area contributed by atoms with Crippen molar-refractivity contribution in [2.45, 2.75) is 11.4 Å². The number of nitrogens with one attached hydrogen (secondary N) is 1. The highest BCUT2D eigenvalue weighted by Crippen LogP contribution is 2.12. The van der Waals surface area contributed by atoms with Crippen molar-refractivity contribution >= 4 is 27.2 Å². The molecule has 0 saturated carbocycles. The van der Waals surface area contributed by atoms with Gasteiger partial charge < -0.3 is 10.3 Å². The Morgan fingerprint density at radius 1 is 1.45 bits per heavy atom. The third-order valence-corrected chi connectivity index (χ3v) is 4.20. The van der Waals surface area contributed by atoms with Crippen LogP contribution in [-0.2, 0) is 16.6 Å². The lowest BCUT2D eigenvalue weighted by molar-refractivity contribution is 0.572. The van der Waals surface area contributed by atoms with Crippen LogP contribution in [0.25, 0.3) is 0 Å². The van der Waals surface area contributed by atoms with Crippen LogP contribution in [0.3, 0.4) is 0 Å². The summed E-state index contributed by atoms with van der Waals surface area (Å²) >= 11 is 4.81. The van der Waals surface area contributed by atoms with Gasteiger partial charge >= 0.3 is 0 Å². The Hall–Kier alpha value is -1.84. The number of hydrogen-bond acceptors (Lipinski definition) is 5. The Balaban J connectivity index is 2.12. The van der Waals surface area contributed by atoms with Crippen LogP contribution in [0.1, 0.15) is 5.69 Å². The molecule has 0 atom stereocenters. The van der Waals surface area contributed by atoms with Gasteiger partial charge in [0.1, 0.15) is 15.6 Å². The van der Waals surface area contributed by atoms with Gasteiger partial charge in [0.05, 0.1) is 6.33 Å². The first kappa shape index (κ1) is 14.6. The van der Waals surface area contributed by atoms with Gasteiger partial charge in [0.25, 0.3) is 0 Å². The minimum Gasteiger partial charge on any atom is -0.388 e. The van der Waals surface area contributed by atoms with Gasteiger partial charge in [-0.05, 0) is 12.1 Å². The predicted octanol–water partition coefficient (Wildman–Crippen LogP) is -0.109. The van der Waals surface area contributed by atoms with E-state index in [-0.39, 0.29) is 22.1 Å². The summed E-state index contributed by atoms with van der Waals surface area (Å²) in [7, 11) is -3.70. The number of pyridine rings is 1. The second-order valence-electron chi connectivity index (χ2n) is 3.91. The SMILES string of the molecule is NC(=S)c1ncccc1S(=O)(=O)NCCn1ccnc1. The van der Waals surface area contributed by atoms with Crippen molar-refractivity contribution in [3.05, 3.63) is 42.7 Å². The molecule has 2 heterocycles. The zero-order valence-corrected chi connectivity index (χ0v) is 12.1. The highest BCUT2D eigenvalue weighted by atomic mass is 32.2. The normalized spacial score (nSPS) is 11.4. The molecule has 0 amide bonds. The molecule has 3 N–H and O–H groups in total. The van der Waals surface area contributed by atoms with Crippen LogP contribution in [0.5, 0.6) is 0 Å². The van der Waals surface area contributed by atoms with E-state index < -0.39 is 10.0 Å². The quantitative estimate of drug-likeness (QED) is 0.722. The molecule has 9 heteroatoms. The van der Waals surface area contributed by atoms with E-state index in [2.05, 4.69) is 14.7 Å². The van der Waals surface area contributed by atoms with Crippen molar-refractivity contribution in [2.24, 2.45) is 5.73 Å². The Labute approximate surface area is 121 Å². The van der Waals surface area contributed by atoms with Crippen molar-refractivity contribution in [3.63, 3.8) is 0 Å². The molecule has 0 saturated heterocycles. The van der Waals surface area contributed by atoms with Crippen LogP contribution in [0.2, 0.25) is 0 Å². The van der Waals surface area contributed by atoms with Gasteiger partial charge in [-0.1, -0.05) is 12.2 Å². The van der Waals surface area contributed by atoms with Crippen molar-refractivity contribution in [1.82, 2.24) is 19.3 Å². The minimum absolute atomic E-state index is 0.0156. The molecule has 0 spiro atoms. The summed E-state index contributed by atoms with van der Waals surface area (Å²) in [4.78, 5) is 7.71. The van der Waals surface area contributed by atoms with Crippen LogP contribution in [0.15, 0.2) is 41.9 Å². The van der Waals surface area contributed by atoms with Crippen LogP contribution >= 0.6 is 12.2 Å². The maximum absolute atomic E-state index is 12.2. The molecule has 2 aromatic heterocycles. The molecular weight excluding hydrogens is 298 g/mol. The fraction of sp³-hybridized carbons (Fsp3) is 0.182. The van der Waals surface area contributed by atoms with E-state index in [1.165, 1.54) is 18.3 Å². The van der Waals surface area contributed by atoms with Crippen molar-refractivity contribution < 1.29 is 8.42 Å². The van der Waals surface area contributed by atoms with Crippen molar-refractivity contribution in [1.29, 1.82) is 0 Å². The average Bonchev–Trinajstić information content (AvgIpc) is 2.91. The average molecular weight is 311 g/mol. The minimum atomic E-state index is -3.70. The molecule has 2 rings (SSSR count). The lowest BCUT2D eigenvalue weighted by Crippen LogP contribution is -2.29. The maximum Gasteiger partial charge on any atom is 0.242 e. The van der Waals surface area contributed by atoms with E-state index in [0.29, 0.717) is 6.54 Å². The van der Waals surface area contributed by atoms with E-state index >= 15 is 0 Å². The molecule has 106 valence electrons. The second-order valence-corrected chi connectivity index (χ2v) is 6.09. The summed E-state index contributed by atoms with van der Waals surface area (Å²) in [6.45, 7) is 0.701. The Kier molecular flexibility index (Phi) is 4.42. The smallest absolute Gasteiger partial charge is 0.242 e.